The molecule has 1 aromatic heterocycles. The van der Waals surface area contributed by atoms with Crippen LogP contribution in [0.3, 0.4) is 0 Å². The van der Waals surface area contributed by atoms with E-state index in [-0.39, 0.29) is 35.9 Å². The Balaban J connectivity index is 1.72. The second kappa shape index (κ2) is 7.03. The number of fused-ring (bicyclic) bond motifs is 1. The van der Waals surface area contributed by atoms with Crippen LogP contribution in [-0.4, -0.2) is 67.7 Å². The zero-order valence-electron chi connectivity index (χ0n) is 14.0. The summed E-state index contributed by atoms with van der Waals surface area (Å²) in [5.41, 5.74) is 1.53. The Morgan fingerprint density at radius 1 is 1.28 bits per heavy atom. The maximum Gasteiger partial charge on any atom is 0.271 e. The normalized spacial score (nSPS) is 20.9. The van der Waals surface area contributed by atoms with Crippen molar-refractivity contribution in [3.63, 3.8) is 0 Å². The third-order valence-electron chi connectivity index (χ3n) is 4.18. The summed E-state index contributed by atoms with van der Waals surface area (Å²) in [6, 6.07) is 6.89. The largest absolute Gasteiger partial charge is 0.379 e. The number of ether oxygens (including phenoxy) is 1. The van der Waals surface area contributed by atoms with E-state index in [0.29, 0.717) is 17.6 Å². The van der Waals surface area contributed by atoms with Crippen LogP contribution in [0.25, 0.3) is 11.0 Å². The van der Waals surface area contributed by atoms with Gasteiger partial charge in [-0.2, -0.15) is 0 Å². The number of carbonyl (C=O) groups excluding carboxylic acids is 1. The van der Waals surface area contributed by atoms with E-state index in [1.54, 1.807) is 6.07 Å². The zero-order chi connectivity index (χ0) is 18.0. The first-order valence-electron chi connectivity index (χ1n) is 7.87. The highest BCUT2D eigenvalue weighted by Crippen LogP contribution is 2.18. The minimum Gasteiger partial charge on any atom is -0.379 e. The molecule has 1 amide bonds. The Hall–Kier alpha value is -2.10. The summed E-state index contributed by atoms with van der Waals surface area (Å²) in [5, 5.41) is 2.82. The molecule has 2 heterocycles. The highest BCUT2D eigenvalue weighted by Gasteiger charge is 2.34. The number of hydrogen-bond donors (Lipinski definition) is 1. The molecule has 2 aromatic rings. The predicted octanol–water partition coefficient (Wildman–Crippen LogP) is 0.266. The molecule has 0 bridgehead atoms. The van der Waals surface area contributed by atoms with Gasteiger partial charge in [0.05, 0.1) is 42.2 Å². The van der Waals surface area contributed by atoms with Crippen molar-refractivity contribution in [2.24, 2.45) is 5.92 Å². The Kier molecular flexibility index (Phi) is 4.98. The molecule has 0 aliphatic carbocycles. The lowest BCUT2D eigenvalue weighted by atomic mass is 10.1. The average Bonchev–Trinajstić information content (AvgIpc) is 3.00. The number of hydrogen-bond acceptors (Lipinski definition) is 6. The molecule has 0 spiro atoms. The van der Waals surface area contributed by atoms with Gasteiger partial charge in [0.25, 0.3) is 5.91 Å². The fraction of sp³-hybridized carbons (Fsp3) is 0.438. The highest BCUT2D eigenvalue weighted by atomic mass is 32.2. The highest BCUT2D eigenvalue weighted by molar-refractivity contribution is 7.89. The SMILES string of the molecule is CN(C)S(=O)(=O)C[C@@H]1COC[C@H]1NC(=O)c1cnc2ccccc2n1. The smallest absolute Gasteiger partial charge is 0.271 e. The van der Waals surface area contributed by atoms with Crippen molar-refractivity contribution in [1.29, 1.82) is 0 Å². The number of benzene rings is 1. The van der Waals surface area contributed by atoms with E-state index in [1.165, 1.54) is 24.6 Å². The summed E-state index contributed by atoms with van der Waals surface area (Å²) in [5.74, 6) is -0.764. The van der Waals surface area contributed by atoms with Gasteiger partial charge in [0.1, 0.15) is 5.69 Å². The lowest BCUT2D eigenvalue weighted by Gasteiger charge is -2.20. The van der Waals surface area contributed by atoms with E-state index in [1.807, 2.05) is 18.2 Å². The van der Waals surface area contributed by atoms with E-state index in [2.05, 4.69) is 15.3 Å². The standard InChI is InChI=1S/C16H20N4O4S/c1-20(2)25(22,23)10-11-8-24-9-15(11)19-16(21)14-7-17-12-5-3-4-6-13(12)18-14/h3-7,11,15H,8-10H2,1-2H3,(H,19,21)/t11-,15+/m0/s1. The number of carbonyl (C=O) groups is 1. The number of rotatable bonds is 5. The monoisotopic (exact) mass is 364 g/mol. The maximum absolute atomic E-state index is 12.5. The van der Waals surface area contributed by atoms with Crippen molar-refractivity contribution in [3.05, 3.63) is 36.2 Å². The van der Waals surface area contributed by atoms with Crippen molar-refractivity contribution >= 4 is 27.0 Å². The molecule has 1 fully saturated rings. The lowest BCUT2D eigenvalue weighted by Crippen LogP contribution is -2.43. The Labute approximate surface area is 146 Å². The first-order valence-corrected chi connectivity index (χ1v) is 9.48. The van der Waals surface area contributed by atoms with Crippen LogP contribution < -0.4 is 5.32 Å². The first kappa shape index (κ1) is 17.7. The maximum atomic E-state index is 12.5. The molecular formula is C16H20N4O4S. The van der Waals surface area contributed by atoms with Crippen LogP contribution in [0.4, 0.5) is 0 Å². The van der Waals surface area contributed by atoms with E-state index in [9.17, 15) is 13.2 Å². The summed E-state index contributed by atoms with van der Waals surface area (Å²) in [4.78, 5) is 21.0. The molecule has 1 N–H and O–H groups in total. The molecule has 1 aromatic carbocycles. The molecular weight excluding hydrogens is 344 g/mol. The Morgan fingerprint density at radius 3 is 2.72 bits per heavy atom. The van der Waals surface area contributed by atoms with Gasteiger partial charge in [0, 0.05) is 20.0 Å². The third kappa shape index (κ3) is 3.94. The number of aromatic nitrogens is 2. The summed E-state index contributed by atoms with van der Waals surface area (Å²) in [6.07, 6.45) is 1.42. The number of nitrogens with one attached hydrogen (secondary N) is 1. The van der Waals surface area contributed by atoms with Crippen molar-refractivity contribution < 1.29 is 17.9 Å². The minimum atomic E-state index is -3.37. The Bertz CT molecular complexity index is 885. The molecule has 9 heteroatoms. The van der Waals surface area contributed by atoms with Gasteiger partial charge in [0.15, 0.2) is 0 Å². The van der Waals surface area contributed by atoms with Gasteiger partial charge >= 0.3 is 0 Å². The van der Waals surface area contributed by atoms with Crippen molar-refractivity contribution in [1.82, 2.24) is 19.6 Å². The fourth-order valence-corrected chi connectivity index (χ4v) is 3.82. The fourth-order valence-electron chi connectivity index (χ4n) is 2.65. The predicted molar refractivity (Wildman–Crippen MR) is 92.6 cm³/mol. The van der Waals surface area contributed by atoms with Gasteiger partial charge in [-0.3, -0.25) is 9.78 Å². The topological polar surface area (TPSA) is 101 Å². The van der Waals surface area contributed by atoms with E-state index in [4.69, 9.17) is 4.74 Å². The quantitative estimate of drug-likeness (QED) is 0.817. The van der Waals surface area contributed by atoms with Gasteiger partial charge in [-0.15, -0.1) is 0 Å². The van der Waals surface area contributed by atoms with Gasteiger partial charge < -0.3 is 10.1 Å². The minimum absolute atomic E-state index is 0.0751. The van der Waals surface area contributed by atoms with E-state index < -0.39 is 10.0 Å². The summed E-state index contributed by atoms with van der Waals surface area (Å²) >= 11 is 0. The van der Waals surface area contributed by atoms with Gasteiger partial charge in [-0.1, -0.05) is 12.1 Å². The molecule has 0 saturated carbocycles. The number of amides is 1. The molecule has 25 heavy (non-hydrogen) atoms. The molecule has 2 atom stereocenters. The first-order chi connectivity index (χ1) is 11.9. The summed E-state index contributed by atoms with van der Waals surface area (Å²) < 4.78 is 30.7. The number of sulfonamides is 1. The third-order valence-corrected chi connectivity index (χ3v) is 6.14. The molecule has 134 valence electrons. The molecule has 1 saturated heterocycles. The van der Waals surface area contributed by atoms with Crippen molar-refractivity contribution in [2.45, 2.75) is 6.04 Å². The summed E-state index contributed by atoms with van der Waals surface area (Å²) in [7, 11) is -0.391. The van der Waals surface area contributed by atoms with Crippen LogP contribution in [0.15, 0.2) is 30.5 Å². The van der Waals surface area contributed by atoms with Crippen molar-refractivity contribution in [3.8, 4) is 0 Å². The molecule has 1 aliphatic heterocycles. The molecule has 0 radical (unpaired) electrons. The van der Waals surface area contributed by atoms with E-state index in [0.717, 1.165) is 0 Å². The van der Waals surface area contributed by atoms with Crippen LogP contribution in [0.5, 0.6) is 0 Å². The van der Waals surface area contributed by atoms with E-state index >= 15 is 0 Å². The lowest BCUT2D eigenvalue weighted by molar-refractivity contribution is 0.0921. The summed E-state index contributed by atoms with van der Waals surface area (Å²) in [6.45, 7) is 0.571. The van der Waals surface area contributed by atoms with Gasteiger partial charge in [-0.25, -0.2) is 17.7 Å². The van der Waals surface area contributed by atoms with Crippen LogP contribution >= 0.6 is 0 Å². The van der Waals surface area contributed by atoms with Crippen LogP contribution in [-0.2, 0) is 14.8 Å². The average molecular weight is 364 g/mol. The van der Waals surface area contributed by atoms with Gasteiger partial charge in [-0.05, 0) is 12.1 Å². The van der Waals surface area contributed by atoms with Crippen LogP contribution in [0.1, 0.15) is 10.5 Å². The van der Waals surface area contributed by atoms with Crippen molar-refractivity contribution in [2.75, 3.05) is 33.1 Å². The van der Waals surface area contributed by atoms with Crippen LogP contribution in [0, 0.1) is 5.92 Å². The molecule has 0 unspecified atom stereocenters. The second-order valence-corrected chi connectivity index (χ2v) is 8.41. The number of para-hydroxylation sites is 2. The molecule has 8 nitrogen and oxygen atoms in total. The number of nitrogens with zero attached hydrogens (tertiary/aromatic N) is 3. The van der Waals surface area contributed by atoms with Gasteiger partial charge in [0.2, 0.25) is 10.0 Å². The second-order valence-electron chi connectivity index (χ2n) is 6.18. The zero-order valence-corrected chi connectivity index (χ0v) is 14.9. The molecule has 3 rings (SSSR count). The van der Waals surface area contributed by atoms with Crippen LogP contribution in [0.2, 0.25) is 0 Å². The Morgan fingerprint density at radius 2 is 2.00 bits per heavy atom. The molecule has 1 aliphatic rings.